The number of methoxy groups -OCH3 is 1. The van der Waals surface area contributed by atoms with Crippen LogP contribution >= 0.6 is 11.6 Å². The van der Waals surface area contributed by atoms with Gasteiger partial charge in [-0.15, -0.1) is 0 Å². The van der Waals surface area contributed by atoms with E-state index in [1.165, 1.54) is 0 Å². The smallest absolute Gasteiger partial charge is 0.262 e. The molecule has 51 heavy (non-hydrogen) atoms. The van der Waals surface area contributed by atoms with Gasteiger partial charge in [-0.2, -0.15) is 0 Å². The number of carbonyl (C=O) groups is 2. The molecule has 11 heteroatoms. The molecule has 0 bridgehead atoms. The van der Waals surface area contributed by atoms with Crippen molar-refractivity contribution in [1.82, 2.24) is 30.7 Å². The van der Waals surface area contributed by atoms with Gasteiger partial charge in [0.1, 0.15) is 11.4 Å². The van der Waals surface area contributed by atoms with Gasteiger partial charge in [0.05, 0.1) is 12.1 Å². The van der Waals surface area contributed by atoms with E-state index in [1.54, 1.807) is 23.9 Å². The van der Waals surface area contributed by atoms with E-state index in [4.69, 9.17) is 16.3 Å². The number of nitrogens with zero attached hydrogens (tertiary/aromatic N) is 2. The van der Waals surface area contributed by atoms with E-state index >= 15 is 0 Å². The van der Waals surface area contributed by atoms with Gasteiger partial charge in [0.2, 0.25) is 11.8 Å². The molecule has 2 aromatic heterocycles. The van der Waals surface area contributed by atoms with Crippen LogP contribution in [0, 0.1) is 6.92 Å². The molecule has 262 valence electrons. The molecule has 2 amide bonds. The molecule has 2 aliphatic rings. The van der Waals surface area contributed by atoms with Crippen molar-refractivity contribution < 1.29 is 14.3 Å². The lowest BCUT2D eigenvalue weighted by Gasteiger charge is -2.17. The second-order valence-electron chi connectivity index (χ2n) is 13.3. The third kappa shape index (κ3) is 7.39. The first-order chi connectivity index (χ1) is 24.8. The summed E-state index contributed by atoms with van der Waals surface area (Å²) < 4.78 is 7.35. The maximum Gasteiger partial charge on any atom is 0.262 e. The van der Waals surface area contributed by atoms with Gasteiger partial charge in [-0.05, 0) is 65.8 Å². The largest absolute Gasteiger partial charge is 0.496 e. The number of ether oxygens (including phenoxy) is 1. The van der Waals surface area contributed by atoms with E-state index in [0.717, 1.165) is 63.1 Å². The molecule has 2 saturated heterocycles. The Hall–Kier alpha value is -5.03. The molecule has 4 heterocycles. The van der Waals surface area contributed by atoms with Gasteiger partial charge in [0, 0.05) is 85.8 Å². The zero-order chi connectivity index (χ0) is 35.5. The topological polar surface area (TPSA) is 126 Å². The van der Waals surface area contributed by atoms with Gasteiger partial charge >= 0.3 is 0 Å². The molecule has 7 rings (SSSR count). The van der Waals surface area contributed by atoms with E-state index in [1.807, 2.05) is 42.5 Å². The number of nitrogens with one attached hydrogen (secondary N) is 4. The lowest BCUT2D eigenvalue weighted by Crippen LogP contribution is -2.36. The van der Waals surface area contributed by atoms with Crippen LogP contribution in [0.4, 0.5) is 0 Å². The number of amides is 2. The molecule has 0 unspecified atom stereocenters. The average Bonchev–Trinajstić information content (AvgIpc) is 3.76. The monoisotopic (exact) mass is 704 g/mol. The molecule has 5 aromatic rings. The SMILES string of the molecule is COc1cc(-c2cccc(-c3cccc(-c4ccn5c(=O)c(CNC[C@@H]6CCC(=O)N6)cnc5c4)c3C)c2Cl)ccc1CNC[C@H]1CCC(=O)N1. The summed E-state index contributed by atoms with van der Waals surface area (Å²) in [5, 5.41) is 13.3. The molecule has 0 spiro atoms. The van der Waals surface area contributed by atoms with Crippen LogP contribution in [-0.4, -0.2) is 53.5 Å². The number of hydrogen-bond acceptors (Lipinski definition) is 7. The minimum absolute atomic E-state index is 0.0726. The predicted molar refractivity (Wildman–Crippen MR) is 200 cm³/mol. The standard InChI is InChI=1S/C40H41ClN6O4/c1-24-31(26-15-16-47-36(18-26)44-21-28(40(47)50)20-43-23-30-12-14-38(49)46-30)5-3-6-32(24)34-8-4-7-33(39(34)41)25-9-10-27(35(17-25)51-2)19-42-22-29-11-13-37(48)45-29/h3-10,15-18,21,29-30,42-43H,11-14,19-20,22-23H2,1-2H3,(H,45,48)(H,46,49)/t29-,30+/m1/s1. The van der Waals surface area contributed by atoms with Crippen LogP contribution in [-0.2, 0) is 22.7 Å². The zero-order valence-corrected chi connectivity index (χ0v) is 29.5. The maximum atomic E-state index is 13.3. The highest BCUT2D eigenvalue weighted by Gasteiger charge is 2.22. The fraction of sp³-hybridized carbons (Fsp3) is 0.300. The number of benzene rings is 3. The van der Waals surface area contributed by atoms with E-state index < -0.39 is 0 Å². The Labute approximate surface area is 301 Å². The third-order valence-electron chi connectivity index (χ3n) is 9.89. The van der Waals surface area contributed by atoms with Crippen molar-refractivity contribution in [2.75, 3.05) is 20.2 Å². The second-order valence-corrected chi connectivity index (χ2v) is 13.7. The number of hydrogen-bond donors (Lipinski definition) is 4. The molecule has 3 aromatic carbocycles. The molecular formula is C40H41ClN6O4. The second kappa shape index (κ2) is 15.1. The normalized spacial score (nSPS) is 17.2. The highest BCUT2D eigenvalue weighted by Crippen LogP contribution is 2.41. The highest BCUT2D eigenvalue weighted by molar-refractivity contribution is 6.36. The molecular weight excluding hydrogens is 664 g/mol. The van der Waals surface area contributed by atoms with E-state index in [9.17, 15) is 14.4 Å². The number of rotatable bonds is 12. The molecule has 10 nitrogen and oxygen atoms in total. The van der Waals surface area contributed by atoms with Gasteiger partial charge in [0.15, 0.2) is 0 Å². The van der Waals surface area contributed by atoms with Crippen LogP contribution in [0.2, 0.25) is 5.02 Å². The molecule has 2 atom stereocenters. The first-order valence-electron chi connectivity index (χ1n) is 17.4. The number of pyridine rings is 1. The van der Waals surface area contributed by atoms with Crippen LogP contribution in [0.5, 0.6) is 5.75 Å². The molecule has 4 N–H and O–H groups in total. The van der Waals surface area contributed by atoms with Gasteiger partial charge in [-0.1, -0.05) is 60.1 Å². The summed E-state index contributed by atoms with van der Waals surface area (Å²) in [7, 11) is 1.67. The summed E-state index contributed by atoms with van der Waals surface area (Å²) in [6.07, 6.45) is 6.19. The quantitative estimate of drug-likeness (QED) is 0.137. The van der Waals surface area contributed by atoms with Crippen molar-refractivity contribution >= 4 is 29.1 Å². The van der Waals surface area contributed by atoms with Crippen molar-refractivity contribution in [2.45, 2.75) is 57.8 Å². The molecule has 2 aliphatic heterocycles. The average molecular weight is 705 g/mol. The Kier molecular flexibility index (Phi) is 10.2. The van der Waals surface area contributed by atoms with Crippen LogP contribution in [0.15, 0.2) is 83.9 Å². The highest BCUT2D eigenvalue weighted by atomic mass is 35.5. The number of fused-ring (bicyclic) bond motifs is 1. The fourth-order valence-electron chi connectivity index (χ4n) is 7.09. The van der Waals surface area contributed by atoms with Crippen LogP contribution in [0.25, 0.3) is 39.0 Å². The van der Waals surface area contributed by atoms with E-state index in [-0.39, 0.29) is 29.5 Å². The summed E-state index contributed by atoms with van der Waals surface area (Å²) in [6.45, 7) is 4.40. The van der Waals surface area contributed by atoms with Crippen molar-refractivity contribution in [3.8, 4) is 39.1 Å². The van der Waals surface area contributed by atoms with Crippen molar-refractivity contribution in [3.05, 3.63) is 111 Å². The third-order valence-corrected chi connectivity index (χ3v) is 10.3. The van der Waals surface area contributed by atoms with Crippen molar-refractivity contribution in [3.63, 3.8) is 0 Å². The van der Waals surface area contributed by atoms with Crippen LogP contribution < -0.4 is 31.6 Å². The summed E-state index contributed by atoms with van der Waals surface area (Å²) in [5.41, 5.74) is 8.83. The van der Waals surface area contributed by atoms with Crippen LogP contribution in [0.1, 0.15) is 42.4 Å². The van der Waals surface area contributed by atoms with Gasteiger partial charge in [0.25, 0.3) is 5.56 Å². The van der Waals surface area contributed by atoms with E-state index in [2.05, 4.69) is 57.4 Å². The number of aromatic nitrogens is 2. The first-order valence-corrected chi connectivity index (χ1v) is 17.7. The minimum atomic E-state index is -0.122. The summed E-state index contributed by atoms with van der Waals surface area (Å²) in [6, 6.07) is 22.5. The Morgan fingerprint density at radius 3 is 2.10 bits per heavy atom. The number of halogens is 1. The Balaban J connectivity index is 1.10. The van der Waals surface area contributed by atoms with Gasteiger partial charge < -0.3 is 26.0 Å². The Morgan fingerprint density at radius 1 is 0.804 bits per heavy atom. The summed E-state index contributed by atoms with van der Waals surface area (Å²) >= 11 is 7.18. The maximum absolute atomic E-state index is 13.3. The molecule has 2 fully saturated rings. The number of carbonyl (C=O) groups excluding carboxylic acids is 2. The molecule has 0 radical (unpaired) electrons. The van der Waals surface area contributed by atoms with Crippen LogP contribution in [0.3, 0.4) is 0 Å². The lowest BCUT2D eigenvalue weighted by molar-refractivity contribution is -0.120. The zero-order valence-electron chi connectivity index (χ0n) is 28.7. The molecule has 0 aliphatic carbocycles. The van der Waals surface area contributed by atoms with Crippen molar-refractivity contribution in [1.29, 1.82) is 0 Å². The Morgan fingerprint density at radius 2 is 1.43 bits per heavy atom. The predicted octanol–water partition coefficient (Wildman–Crippen LogP) is 5.40. The summed E-state index contributed by atoms with van der Waals surface area (Å²) in [4.78, 5) is 40.9. The summed E-state index contributed by atoms with van der Waals surface area (Å²) in [5.74, 6) is 0.950. The first kappa shape index (κ1) is 34.4. The van der Waals surface area contributed by atoms with Crippen molar-refractivity contribution in [2.24, 2.45) is 0 Å². The fourth-order valence-corrected chi connectivity index (χ4v) is 7.42. The molecule has 0 saturated carbocycles. The Bertz CT molecular complexity index is 2180. The van der Waals surface area contributed by atoms with Gasteiger partial charge in [-0.25, -0.2) is 4.98 Å². The minimum Gasteiger partial charge on any atom is -0.496 e. The van der Waals surface area contributed by atoms with Gasteiger partial charge in [-0.3, -0.25) is 18.8 Å². The lowest BCUT2D eigenvalue weighted by atomic mass is 9.91. The van der Waals surface area contributed by atoms with E-state index in [0.29, 0.717) is 55.3 Å².